The fourth-order valence-corrected chi connectivity index (χ4v) is 2.79. The van der Waals surface area contributed by atoms with Crippen molar-refractivity contribution in [2.24, 2.45) is 0 Å². The average molecular weight is 310 g/mol. The molecule has 1 aromatic carbocycles. The molecule has 0 saturated carbocycles. The third kappa shape index (κ3) is 4.35. The molecule has 1 aliphatic rings. The summed E-state index contributed by atoms with van der Waals surface area (Å²) in [5.41, 5.74) is 1.16. The number of benzene rings is 1. The Morgan fingerprint density at radius 1 is 1.33 bits per heavy atom. The number of hydrogen-bond acceptors (Lipinski definition) is 3. The van der Waals surface area contributed by atoms with Gasteiger partial charge in [0.05, 0.1) is 6.04 Å². The van der Waals surface area contributed by atoms with Gasteiger partial charge in [0.25, 0.3) is 0 Å². The number of hydrogen-bond donors (Lipinski definition) is 1. The van der Waals surface area contributed by atoms with Gasteiger partial charge in [-0.3, -0.25) is 9.69 Å². The Morgan fingerprint density at radius 3 is 2.67 bits per heavy atom. The smallest absolute Gasteiger partial charge is 0.237 e. The molecule has 0 bridgehead atoms. The lowest BCUT2D eigenvalue weighted by Gasteiger charge is -2.38. The van der Waals surface area contributed by atoms with E-state index < -0.39 is 0 Å². The van der Waals surface area contributed by atoms with Crippen LogP contribution in [0, 0.1) is 0 Å². The van der Waals surface area contributed by atoms with E-state index in [9.17, 15) is 4.79 Å². The zero-order valence-corrected chi connectivity index (χ0v) is 13.6. The van der Waals surface area contributed by atoms with Crippen molar-refractivity contribution in [1.82, 2.24) is 10.2 Å². The fourth-order valence-electron chi connectivity index (χ4n) is 2.60. The van der Waals surface area contributed by atoms with E-state index in [-0.39, 0.29) is 11.9 Å². The largest absolute Gasteiger partial charge is 0.369 e. The van der Waals surface area contributed by atoms with E-state index in [4.69, 9.17) is 11.6 Å². The minimum absolute atomic E-state index is 0.0574. The van der Waals surface area contributed by atoms with Gasteiger partial charge in [-0.1, -0.05) is 24.6 Å². The molecule has 1 N–H and O–H groups in total. The molecule has 5 heteroatoms. The highest BCUT2D eigenvalue weighted by Gasteiger charge is 2.25. The quantitative estimate of drug-likeness (QED) is 0.907. The van der Waals surface area contributed by atoms with E-state index >= 15 is 0 Å². The first-order valence-electron chi connectivity index (χ1n) is 7.64. The number of piperazine rings is 1. The van der Waals surface area contributed by atoms with Crippen LogP contribution in [-0.4, -0.2) is 49.6 Å². The van der Waals surface area contributed by atoms with Crippen molar-refractivity contribution >= 4 is 23.2 Å². The Morgan fingerprint density at radius 2 is 2.05 bits per heavy atom. The summed E-state index contributed by atoms with van der Waals surface area (Å²) in [6.07, 6.45) is 0.973. The van der Waals surface area contributed by atoms with Gasteiger partial charge in [0.15, 0.2) is 0 Å². The molecule has 21 heavy (non-hydrogen) atoms. The van der Waals surface area contributed by atoms with Crippen LogP contribution in [0.3, 0.4) is 0 Å². The summed E-state index contributed by atoms with van der Waals surface area (Å²) in [4.78, 5) is 16.6. The highest BCUT2D eigenvalue weighted by Crippen LogP contribution is 2.21. The lowest BCUT2D eigenvalue weighted by Crippen LogP contribution is -2.54. The van der Waals surface area contributed by atoms with Gasteiger partial charge in [-0.05, 0) is 31.5 Å². The molecule has 1 heterocycles. The van der Waals surface area contributed by atoms with E-state index in [2.05, 4.69) is 28.1 Å². The second-order valence-electron chi connectivity index (χ2n) is 5.47. The molecule has 0 radical (unpaired) electrons. The molecule has 1 amide bonds. The third-order valence-corrected chi connectivity index (χ3v) is 4.20. The maximum atomic E-state index is 12.0. The van der Waals surface area contributed by atoms with Gasteiger partial charge in [-0.2, -0.15) is 0 Å². The highest BCUT2D eigenvalue weighted by molar-refractivity contribution is 6.30. The number of rotatable bonds is 5. The molecular formula is C16H24ClN3O. The van der Waals surface area contributed by atoms with E-state index in [1.165, 1.54) is 0 Å². The molecule has 116 valence electrons. The van der Waals surface area contributed by atoms with Crippen LogP contribution in [0.4, 0.5) is 5.69 Å². The lowest BCUT2D eigenvalue weighted by atomic mass is 10.2. The zero-order chi connectivity index (χ0) is 15.2. The molecule has 0 aromatic heterocycles. The van der Waals surface area contributed by atoms with Crippen LogP contribution in [0.15, 0.2) is 24.3 Å². The molecule has 0 spiro atoms. The molecule has 1 aliphatic heterocycles. The summed E-state index contributed by atoms with van der Waals surface area (Å²) in [6, 6.07) is 7.89. The van der Waals surface area contributed by atoms with Crippen molar-refractivity contribution in [3.8, 4) is 0 Å². The van der Waals surface area contributed by atoms with Crippen molar-refractivity contribution in [1.29, 1.82) is 0 Å². The van der Waals surface area contributed by atoms with Crippen molar-refractivity contribution in [2.75, 3.05) is 37.6 Å². The summed E-state index contributed by atoms with van der Waals surface area (Å²) in [5, 5.41) is 3.73. The van der Waals surface area contributed by atoms with E-state index in [1.54, 1.807) is 0 Å². The Kier molecular flexibility index (Phi) is 5.88. The van der Waals surface area contributed by atoms with Crippen LogP contribution in [0.5, 0.6) is 0 Å². The first kappa shape index (κ1) is 16.1. The summed E-state index contributed by atoms with van der Waals surface area (Å²) in [7, 11) is 0. The molecule has 0 unspecified atom stereocenters. The van der Waals surface area contributed by atoms with Crippen LogP contribution >= 0.6 is 11.6 Å². The Labute approximate surface area is 132 Å². The monoisotopic (exact) mass is 309 g/mol. The summed E-state index contributed by atoms with van der Waals surface area (Å²) in [5.74, 6) is 0.132. The normalized spacial score (nSPS) is 17.6. The van der Waals surface area contributed by atoms with Gasteiger partial charge in [-0.15, -0.1) is 0 Å². The first-order valence-corrected chi connectivity index (χ1v) is 8.02. The Bertz CT molecular complexity index is 472. The van der Waals surface area contributed by atoms with E-state index in [0.29, 0.717) is 0 Å². The third-order valence-electron chi connectivity index (χ3n) is 3.96. The average Bonchev–Trinajstić information content (AvgIpc) is 2.52. The maximum Gasteiger partial charge on any atom is 0.237 e. The van der Waals surface area contributed by atoms with Crippen molar-refractivity contribution < 1.29 is 4.79 Å². The van der Waals surface area contributed by atoms with E-state index in [0.717, 1.165) is 49.9 Å². The fraction of sp³-hybridized carbons (Fsp3) is 0.562. The Hall–Kier alpha value is -1.26. The van der Waals surface area contributed by atoms with Gasteiger partial charge in [0, 0.05) is 43.4 Å². The van der Waals surface area contributed by atoms with Crippen LogP contribution < -0.4 is 10.2 Å². The number of carbonyl (C=O) groups excluding carboxylic acids is 1. The van der Waals surface area contributed by atoms with Crippen LogP contribution in [-0.2, 0) is 4.79 Å². The van der Waals surface area contributed by atoms with Gasteiger partial charge in [-0.25, -0.2) is 0 Å². The second-order valence-corrected chi connectivity index (χ2v) is 5.91. The van der Waals surface area contributed by atoms with Crippen LogP contribution in [0.25, 0.3) is 0 Å². The lowest BCUT2D eigenvalue weighted by molar-refractivity contribution is -0.126. The number of halogens is 1. The predicted octanol–water partition coefficient (Wildman–Crippen LogP) is 2.38. The minimum Gasteiger partial charge on any atom is -0.369 e. The topological polar surface area (TPSA) is 35.6 Å². The number of amides is 1. The van der Waals surface area contributed by atoms with E-state index in [1.807, 2.05) is 25.1 Å². The van der Waals surface area contributed by atoms with Crippen molar-refractivity contribution in [3.05, 3.63) is 29.3 Å². The molecule has 1 fully saturated rings. The number of nitrogens with one attached hydrogen (secondary N) is 1. The predicted molar refractivity (Wildman–Crippen MR) is 88.0 cm³/mol. The molecule has 1 aromatic rings. The first-order chi connectivity index (χ1) is 10.1. The van der Waals surface area contributed by atoms with Gasteiger partial charge < -0.3 is 10.2 Å². The highest BCUT2D eigenvalue weighted by atomic mass is 35.5. The second kappa shape index (κ2) is 7.66. The van der Waals surface area contributed by atoms with Gasteiger partial charge >= 0.3 is 0 Å². The molecular weight excluding hydrogens is 286 g/mol. The number of anilines is 1. The molecule has 4 nitrogen and oxygen atoms in total. The van der Waals surface area contributed by atoms with Gasteiger partial charge in [0.1, 0.15) is 0 Å². The standard InChI is InChI=1S/C16H24ClN3O/c1-3-7-18-16(21)13(2)19-8-10-20(11-9-19)15-6-4-5-14(17)12-15/h4-6,12-13H,3,7-11H2,1-2H3,(H,18,21)/t13-/m0/s1. The van der Waals surface area contributed by atoms with Gasteiger partial charge in [0.2, 0.25) is 5.91 Å². The minimum atomic E-state index is -0.0574. The summed E-state index contributed by atoms with van der Waals surface area (Å²) >= 11 is 6.04. The van der Waals surface area contributed by atoms with Crippen LogP contribution in [0.2, 0.25) is 5.02 Å². The molecule has 2 rings (SSSR count). The molecule has 1 saturated heterocycles. The number of nitrogens with zero attached hydrogens (tertiary/aromatic N) is 2. The number of carbonyl (C=O) groups is 1. The SMILES string of the molecule is CCCNC(=O)[C@H](C)N1CCN(c2cccc(Cl)c2)CC1. The molecule has 1 atom stereocenters. The summed E-state index contributed by atoms with van der Waals surface area (Å²) in [6.45, 7) is 8.44. The van der Waals surface area contributed by atoms with Crippen molar-refractivity contribution in [3.63, 3.8) is 0 Å². The molecule has 0 aliphatic carbocycles. The Balaban J connectivity index is 1.86. The zero-order valence-electron chi connectivity index (χ0n) is 12.8. The maximum absolute atomic E-state index is 12.0. The van der Waals surface area contributed by atoms with Crippen molar-refractivity contribution in [2.45, 2.75) is 26.3 Å². The van der Waals surface area contributed by atoms with Crippen LogP contribution in [0.1, 0.15) is 20.3 Å². The summed E-state index contributed by atoms with van der Waals surface area (Å²) < 4.78 is 0.